The molecule has 2 rings (SSSR count). The van der Waals surface area contributed by atoms with Crippen molar-refractivity contribution < 1.29 is 9.59 Å². The first-order valence-corrected chi connectivity index (χ1v) is 8.29. The molecule has 126 valence electrons. The highest BCUT2D eigenvalue weighted by molar-refractivity contribution is 5.96. The maximum atomic E-state index is 12.7. The number of likely N-dealkylation sites (tertiary alicyclic amines) is 1. The van der Waals surface area contributed by atoms with Crippen LogP contribution in [0.5, 0.6) is 0 Å². The highest BCUT2D eigenvalue weighted by atomic mass is 16.2. The van der Waals surface area contributed by atoms with Crippen LogP contribution in [0.2, 0.25) is 0 Å². The van der Waals surface area contributed by atoms with E-state index in [1.807, 2.05) is 19.9 Å². The lowest BCUT2D eigenvalue weighted by atomic mass is 9.98. The minimum Gasteiger partial charge on any atom is -0.331 e. The summed E-state index contributed by atoms with van der Waals surface area (Å²) in [6.45, 7) is 8.58. The van der Waals surface area contributed by atoms with Crippen molar-refractivity contribution in [1.29, 1.82) is 0 Å². The maximum absolute atomic E-state index is 12.7. The van der Waals surface area contributed by atoms with Gasteiger partial charge < -0.3 is 10.2 Å². The van der Waals surface area contributed by atoms with Crippen molar-refractivity contribution in [2.45, 2.75) is 59.4 Å². The molecule has 1 aliphatic heterocycles. The number of aromatic nitrogens is 2. The van der Waals surface area contributed by atoms with E-state index < -0.39 is 6.04 Å². The van der Waals surface area contributed by atoms with Gasteiger partial charge in [0.1, 0.15) is 6.04 Å². The van der Waals surface area contributed by atoms with Gasteiger partial charge in [-0.05, 0) is 50.7 Å². The monoisotopic (exact) mass is 318 g/mol. The van der Waals surface area contributed by atoms with Crippen molar-refractivity contribution in [3.8, 4) is 0 Å². The van der Waals surface area contributed by atoms with Gasteiger partial charge in [0.2, 0.25) is 11.8 Å². The van der Waals surface area contributed by atoms with Crippen LogP contribution >= 0.6 is 0 Å². The number of amides is 2. The minimum atomic E-state index is -0.439. The number of rotatable bonds is 5. The first kappa shape index (κ1) is 17.4. The van der Waals surface area contributed by atoms with Gasteiger partial charge in [0.15, 0.2) is 5.82 Å². The molecule has 0 saturated carbocycles. The van der Waals surface area contributed by atoms with Gasteiger partial charge in [-0.1, -0.05) is 13.8 Å². The van der Waals surface area contributed by atoms with Gasteiger partial charge in [-0.15, -0.1) is 5.10 Å². The molecule has 0 aromatic carbocycles. The Bertz CT molecular complexity index is 586. The second-order valence-electron chi connectivity index (χ2n) is 6.68. The molecule has 1 aromatic heterocycles. The van der Waals surface area contributed by atoms with Gasteiger partial charge in [-0.3, -0.25) is 9.59 Å². The standard InChI is InChI=1S/C17H26N4O2/c1-11(2)9-14(21-8-6-5-7-16(21)22)17(23)18-15-10-12(3)13(4)19-20-15/h10-11,14H,5-9H2,1-4H3,(H,18,20,23)/t14-/m1/s1. The zero-order valence-electron chi connectivity index (χ0n) is 14.4. The number of aryl methyl sites for hydroxylation is 2. The summed E-state index contributed by atoms with van der Waals surface area (Å²) < 4.78 is 0. The lowest BCUT2D eigenvalue weighted by molar-refractivity contribution is -0.141. The van der Waals surface area contributed by atoms with Gasteiger partial charge in [-0.25, -0.2) is 0 Å². The van der Waals surface area contributed by atoms with E-state index >= 15 is 0 Å². The molecule has 0 bridgehead atoms. The molecule has 1 aliphatic rings. The van der Waals surface area contributed by atoms with E-state index in [0.717, 1.165) is 24.1 Å². The van der Waals surface area contributed by atoms with Crippen LogP contribution in [-0.4, -0.2) is 39.5 Å². The lowest BCUT2D eigenvalue weighted by Crippen LogP contribution is -2.50. The first-order valence-electron chi connectivity index (χ1n) is 8.29. The fourth-order valence-corrected chi connectivity index (χ4v) is 2.80. The first-order chi connectivity index (χ1) is 10.9. The predicted octanol–water partition coefficient (Wildman–Crippen LogP) is 2.46. The molecule has 2 heterocycles. The third kappa shape index (κ3) is 4.50. The molecule has 6 heteroatoms. The summed E-state index contributed by atoms with van der Waals surface area (Å²) in [5, 5.41) is 10.9. The SMILES string of the molecule is Cc1cc(NC(=O)[C@@H](CC(C)C)N2CCCCC2=O)nnc1C. The van der Waals surface area contributed by atoms with Crippen LogP contribution in [0.3, 0.4) is 0 Å². The van der Waals surface area contributed by atoms with Gasteiger partial charge in [0, 0.05) is 13.0 Å². The highest BCUT2D eigenvalue weighted by Crippen LogP contribution is 2.20. The molecule has 0 aliphatic carbocycles. The van der Waals surface area contributed by atoms with Crippen molar-refractivity contribution in [1.82, 2.24) is 15.1 Å². The number of hydrogen-bond donors (Lipinski definition) is 1. The van der Waals surface area contributed by atoms with E-state index in [1.165, 1.54) is 0 Å². The number of nitrogens with one attached hydrogen (secondary N) is 1. The van der Waals surface area contributed by atoms with E-state index in [4.69, 9.17) is 0 Å². The van der Waals surface area contributed by atoms with Crippen molar-refractivity contribution in [3.05, 3.63) is 17.3 Å². The van der Waals surface area contributed by atoms with E-state index in [2.05, 4.69) is 29.4 Å². The topological polar surface area (TPSA) is 75.2 Å². The van der Waals surface area contributed by atoms with Gasteiger partial charge in [-0.2, -0.15) is 5.10 Å². The van der Waals surface area contributed by atoms with Gasteiger partial charge in [0.25, 0.3) is 0 Å². The molecule has 0 unspecified atom stereocenters. The fraction of sp³-hybridized carbons (Fsp3) is 0.647. The van der Waals surface area contributed by atoms with E-state index in [1.54, 1.807) is 4.90 Å². The third-order valence-electron chi connectivity index (χ3n) is 4.22. The summed E-state index contributed by atoms with van der Waals surface area (Å²) in [6, 6.07) is 1.37. The fourth-order valence-electron chi connectivity index (χ4n) is 2.80. The Morgan fingerprint density at radius 3 is 2.65 bits per heavy atom. The zero-order valence-corrected chi connectivity index (χ0v) is 14.4. The van der Waals surface area contributed by atoms with Crippen LogP contribution in [0.25, 0.3) is 0 Å². The molecule has 1 saturated heterocycles. The molecular weight excluding hydrogens is 292 g/mol. The van der Waals surface area contributed by atoms with Crippen molar-refractivity contribution in [2.24, 2.45) is 5.92 Å². The minimum absolute atomic E-state index is 0.0724. The Morgan fingerprint density at radius 2 is 2.04 bits per heavy atom. The molecule has 1 fully saturated rings. The van der Waals surface area contributed by atoms with Crippen LogP contribution in [0.15, 0.2) is 6.07 Å². The second-order valence-corrected chi connectivity index (χ2v) is 6.68. The van der Waals surface area contributed by atoms with E-state index in [0.29, 0.717) is 31.1 Å². The summed E-state index contributed by atoms with van der Waals surface area (Å²) in [6.07, 6.45) is 3.05. The Balaban J connectivity index is 2.15. The molecule has 1 atom stereocenters. The molecule has 23 heavy (non-hydrogen) atoms. The Morgan fingerprint density at radius 1 is 1.30 bits per heavy atom. The summed E-state index contributed by atoms with van der Waals surface area (Å²) in [4.78, 5) is 26.6. The summed E-state index contributed by atoms with van der Waals surface area (Å²) >= 11 is 0. The highest BCUT2D eigenvalue weighted by Gasteiger charge is 2.32. The Labute approximate surface area is 137 Å². The quantitative estimate of drug-likeness (QED) is 0.905. The zero-order chi connectivity index (χ0) is 17.0. The molecule has 0 radical (unpaired) electrons. The third-order valence-corrected chi connectivity index (χ3v) is 4.22. The van der Waals surface area contributed by atoms with Crippen LogP contribution in [0.1, 0.15) is 50.8 Å². The van der Waals surface area contributed by atoms with Gasteiger partial charge in [0.05, 0.1) is 5.69 Å². The molecular formula is C17H26N4O2. The molecule has 1 N–H and O–H groups in total. The summed E-state index contributed by atoms with van der Waals surface area (Å²) in [7, 11) is 0. The number of carbonyl (C=O) groups excluding carboxylic acids is 2. The Kier molecular flexibility index (Phi) is 5.69. The molecule has 1 aromatic rings. The molecule has 2 amide bonds. The molecule has 0 spiro atoms. The summed E-state index contributed by atoms with van der Waals surface area (Å²) in [5.74, 6) is 0.664. The predicted molar refractivity (Wildman–Crippen MR) is 88.9 cm³/mol. The lowest BCUT2D eigenvalue weighted by Gasteiger charge is -2.34. The number of hydrogen-bond acceptors (Lipinski definition) is 4. The van der Waals surface area contributed by atoms with Crippen molar-refractivity contribution >= 4 is 17.6 Å². The van der Waals surface area contributed by atoms with Crippen LogP contribution in [0.4, 0.5) is 5.82 Å². The average molecular weight is 318 g/mol. The summed E-state index contributed by atoms with van der Waals surface area (Å²) in [5.41, 5.74) is 1.82. The Hall–Kier alpha value is -1.98. The van der Waals surface area contributed by atoms with Crippen LogP contribution in [-0.2, 0) is 9.59 Å². The molecule has 6 nitrogen and oxygen atoms in total. The van der Waals surface area contributed by atoms with E-state index in [9.17, 15) is 9.59 Å². The number of carbonyl (C=O) groups is 2. The second kappa shape index (κ2) is 7.53. The smallest absolute Gasteiger partial charge is 0.248 e. The largest absolute Gasteiger partial charge is 0.331 e. The van der Waals surface area contributed by atoms with E-state index in [-0.39, 0.29) is 11.8 Å². The van der Waals surface area contributed by atoms with Crippen molar-refractivity contribution in [2.75, 3.05) is 11.9 Å². The maximum Gasteiger partial charge on any atom is 0.248 e. The number of anilines is 1. The number of nitrogens with zero attached hydrogens (tertiary/aromatic N) is 3. The normalized spacial score (nSPS) is 16.6. The number of piperidine rings is 1. The van der Waals surface area contributed by atoms with Crippen molar-refractivity contribution in [3.63, 3.8) is 0 Å². The van der Waals surface area contributed by atoms with Gasteiger partial charge >= 0.3 is 0 Å². The van der Waals surface area contributed by atoms with Crippen LogP contribution in [0, 0.1) is 19.8 Å². The van der Waals surface area contributed by atoms with Crippen LogP contribution < -0.4 is 5.32 Å². The average Bonchev–Trinajstić information content (AvgIpc) is 2.49.